The molecule has 1 aliphatic rings. The zero-order chi connectivity index (χ0) is 17.7. The van der Waals surface area contributed by atoms with Crippen molar-refractivity contribution in [1.82, 2.24) is 20.0 Å². The minimum Gasteiger partial charge on any atom is -0.468 e. The molecule has 2 N–H and O–H groups in total. The normalized spacial score (nSPS) is 21.8. The van der Waals surface area contributed by atoms with Crippen LogP contribution in [-0.4, -0.2) is 84.8 Å². The Labute approximate surface area is 144 Å². The fraction of sp³-hybridized carbons (Fsp3) is 0.706. The number of likely N-dealkylation sites (N-methyl/N-ethyl adjacent to an activating group) is 1. The van der Waals surface area contributed by atoms with Crippen LogP contribution in [0.3, 0.4) is 0 Å². The molecule has 136 valence electrons. The molecule has 1 fully saturated rings. The number of carbonyl (C=O) groups is 1. The first-order valence-electron chi connectivity index (χ1n) is 8.53. The van der Waals surface area contributed by atoms with Crippen molar-refractivity contribution >= 4 is 6.03 Å². The zero-order valence-electron chi connectivity index (χ0n) is 15.1. The van der Waals surface area contributed by atoms with Gasteiger partial charge in [0.05, 0.1) is 18.4 Å². The van der Waals surface area contributed by atoms with E-state index in [4.69, 9.17) is 4.42 Å². The van der Waals surface area contributed by atoms with Crippen LogP contribution in [0.1, 0.15) is 25.6 Å². The molecule has 7 heteroatoms. The van der Waals surface area contributed by atoms with Gasteiger partial charge in [-0.15, -0.1) is 0 Å². The van der Waals surface area contributed by atoms with E-state index in [9.17, 15) is 9.90 Å². The van der Waals surface area contributed by atoms with Gasteiger partial charge < -0.3 is 19.7 Å². The summed E-state index contributed by atoms with van der Waals surface area (Å²) in [5.41, 5.74) is 0. The lowest BCUT2D eigenvalue weighted by atomic mass is 10.1. The molecule has 2 amide bonds. The van der Waals surface area contributed by atoms with Gasteiger partial charge in [-0.2, -0.15) is 0 Å². The minimum absolute atomic E-state index is 0.0119. The monoisotopic (exact) mass is 338 g/mol. The Kier molecular flexibility index (Phi) is 6.65. The van der Waals surface area contributed by atoms with Crippen LogP contribution in [0, 0.1) is 0 Å². The average molecular weight is 338 g/mol. The molecule has 2 rings (SSSR count). The van der Waals surface area contributed by atoms with Crippen molar-refractivity contribution in [1.29, 1.82) is 0 Å². The highest BCUT2D eigenvalue weighted by molar-refractivity contribution is 5.74. The summed E-state index contributed by atoms with van der Waals surface area (Å²) in [6.07, 6.45) is 1.30. The van der Waals surface area contributed by atoms with E-state index in [2.05, 4.69) is 17.1 Å². The van der Waals surface area contributed by atoms with Crippen LogP contribution in [0.5, 0.6) is 0 Å². The van der Waals surface area contributed by atoms with E-state index in [1.807, 2.05) is 36.0 Å². The maximum absolute atomic E-state index is 12.5. The number of hydrogen-bond acceptors (Lipinski definition) is 5. The molecule has 7 nitrogen and oxygen atoms in total. The molecule has 1 aliphatic heterocycles. The summed E-state index contributed by atoms with van der Waals surface area (Å²) in [5.74, 6) is 0.843. The second-order valence-corrected chi connectivity index (χ2v) is 6.82. The average Bonchev–Trinajstić information content (AvgIpc) is 3.02. The molecule has 3 atom stereocenters. The highest BCUT2D eigenvalue weighted by Crippen LogP contribution is 2.18. The summed E-state index contributed by atoms with van der Waals surface area (Å²) < 4.78 is 5.47. The molecule has 2 heterocycles. The fourth-order valence-corrected chi connectivity index (χ4v) is 3.10. The number of rotatable bonds is 6. The summed E-state index contributed by atoms with van der Waals surface area (Å²) in [6, 6.07) is 3.99. The molecule has 0 saturated carbocycles. The smallest absolute Gasteiger partial charge is 0.317 e. The van der Waals surface area contributed by atoms with E-state index in [0.29, 0.717) is 26.2 Å². The summed E-state index contributed by atoms with van der Waals surface area (Å²) in [7, 11) is 3.94. The number of nitrogens with one attached hydrogen (secondary N) is 1. The number of amides is 2. The molecule has 0 aliphatic carbocycles. The Morgan fingerprint density at radius 1 is 1.50 bits per heavy atom. The molecule has 1 aromatic heterocycles. The molecular formula is C17H30N4O3. The molecule has 0 radical (unpaired) electrons. The van der Waals surface area contributed by atoms with Crippen molar-refractivity contribution in [2.75, 3.05) is 46.8 Å². The first-order valence-corrected chi connectivity index (χ1v) is 8.53. The molecule has 1 saturated heterocycles. The van der Waals surface area contributed by atoms with Crippen molar-refractivity contribution in [3.8, 4) is 0 Å². The second-order valence-electron chi connectivity index (χ2n) is 6.82. The first kappa shape index (κ1) is 18.8. The van der Waals surface area contributed by atoms with Gasteiger partial charge in [-0.25, -0.2) is 4.79 Å². The van der Waals surface area contributed by atoms with E-state index < -0.39 is 0 Å². The number of aliphatic hydroxyl groups excluding tert-OH is 1. The van der Waals surface area contributed by atoms with Crippen LogP contribution in [0.15, 0.2) is 22.8 Å². The van der Waals surface area contributed by atoms with E-state index in [1.165, 1.54) is 0 Å². The number of β-amino-alcohol motifs (C(OH)–C–C–N with tert-alkyl or cyclic N) is 1. The van der Waals surface area contributed by atoms with E-state index >= 15 is 0 Å². The van der Waals surface area contributed by atoms with Crippen LogP contribution >= 0.6 is 0 Å². The molecular weight excluding hydrogens is 308 g/mol. The molecule has 0 bridgehead atoms. The lowest BCUT2D eigenvalue weighted by Gasteiger charge is -2.40. The largest absolute Gasteiger partial charge is 0.468 e. The van der Waals surface area contributed by atoms with Gasteiger partial charge >= 0.3 is 6.03 Å². The number of carbonyl (C=O) groups excluding carboxylic acids is 1. The van der Waals surface area contributed by atoms with E-state index in [0.717, 1.165) is 12.3 Å². The van der Waals surface area contributed by atoms with Gasteiger partial charge in [0.2, 0.25) is 0 Å². The summed E-state index contributed by atoms with van der Waals surface area (Å²) in [6.45, 7) is 7.17. The first-order chi connectivity index (χ1) is 11.4. The van der Waals surface area contributed by atoms with Crippen molar-refractivity contribution in [2.24, 2.45) is 0 Å². The molecule has 0 spiro atoms. The Morgan fingerprint density at radius 3 is 2.79 bits per heavy atom. The lowest BCUT2D eigenvalue weighted by Crippen LogP contribution is -2.57. The Morgan fingerprint density at radius 2 is 2.25 bits per heavy atom. The number of aliphatic hydroxyl groups is 1. The van der Waals surface area contributed by atoms with Gasteiger partial charge in [0.15, 0.2) is 0 Å². The third-order valence-electron chi connectivity index (χ3n) is 4.49. The summed E-state index contributed by atoms with van der Waals surface area (Å²) >= 11 is 0. The highest BCUT2D eigenvalue weighted by Gasteiger charge is 2.28. The third-order valence-corrected chi connectivity index (χ3v) is 4.49. The number of hydrogen-bond donors (Lipinski definition) is 2. The predicted molar refractivity (Wildman–Crippen MR) is 92.8 cm³/mol. The molecule has 24 heavy (non-hydrogen) atoms. The number of urea groups is 1. The Bertz CT molecular complexity index is 504. The van der Waals surface area contributed by atoms with Crippen LogP contribution in [0.4, 0.5) is 4.79 Å². The summed E-state index contributed by atoms with van der Waals surface area (Å²) in [5, 5.41) is 12.6. The summed E-state index contributed by atoms with van der Waals surface area (Å²) in [4.78, 5) is 18.6. The maximum Gasteiger partial charge on any atom is 0.317 e. The predicted octanol–water partition coefficient (Wildman–Crippen LogP) is 0.979. The van der Waals surface area contributed by atoms with Crippen LogP contribution in [0.25, 0.3) is 0 Å². The Hall–Kier alpha value is -1.57. The lowest BCUT2D eigenvalue weighted by molar-refractivity contribution is 0.0563. The minimum atomic E-state index is -0.345. The standard InChI is InChI=1S/C17H30N4O3/c1-13-11-21(8-7-20(13)12-14(2)22)17(23)18-10-15(19(3)4)16-6-5-9-24-16/h5-6,9,13-15,22H,7-8,10-12H2,1-4H3,(H,18,23)/t13-,14+,15+/m1/s1. The molecule has 0 aromatic carbocycles. The third kappa shape index (κ3) is 4.96. The fourth-order valence-electron chi connectivity index (χ4n) is 3.10. The Balaban J connectivity index is 1.84. The van der Waals surface area contributed by atoms with Crippen molar-refractivity contribution in [3.05, 3.63) is 24.2 Å². The van der Waals surface area contributed by atoms with Crippen LogP contribution < -0.4 is 5.32 Å². The van der Waals surface area contributed by atoms with E-state index in [1.54, 1.807) is 13.2 Å². The SMILES string of the molecule is C[C@H](O)CN1CCN(C(=O)NC[C@@H](c2ccco2)N(C)C)C[C@H]1C. The highest BCUT2D eigenvalue weighted by atomic mass is 16.3. The van der Waals surface area contributed by atoms with Gasteiger partial charge in [0.25, 0.3) is 0 Å². The zero-order valence-corrected chi connectivity index (χ0v) is 15.1. The van der Waals surface area contributed by atoms with Crippen LogP contribution in [0.2, 0.25) is 0 Å². The van der Waals surface area contributed by atoms with Crippen molar-refractivity contribution < 1.29 is 14.3 Å². The van der Waals surface area contributed by atoms with Gasteiger partial charge in [-0.3, -0.25) is 9.80 Å². The van der Waals surface area contributed by atoms with Gasteiger partial charge in [0, 0.05) is 38.8 Å². The van der Waals surface area contributed by atoms with E-state index in [-0.39, 0.29) is 24.2 Å². The van der Waals surface area contributed by atoms with Crippen molar-refractivity contribution in [3.63, 3.8) is 0 Å². The van der Waals surface area contributed by atoms with Crippen LogP contribution in [-0.2, 0) is 0 Å². The van der Waals surface area contributed by atoms with Gasteiger partial charge in [0.1, 0.15) is 5.76 Å². The quantitative estimate of drug-likeness (QED) is 0.809. The maximum atomic E-state index is 12.5. The number of nitrogens with zero attached hydrogens (tertiary/aromatic N) is 3. The van der Waals surface area contributed by atoms with Gasteiger partial charge in [-0.1, -0.05) is 0 Å². The topological polar surface area (TPSA) is 72.2 Å². The van der Waals surface area contributed by atoms with Gasteiger partial charge in [-0.05, 0) is 40.1 Å². The second kappa shape index (κ2) is 8.50. The van der Waals surface area contributed by atoms with Crippen molar-refractivity contribution in [2.45, 2.75) is 32.0 Å². The molecule has 1 aromatic rings. The number of piperazine rings is 1. The molecule has 0 unspecified atom stereocenters. The number of furan rings is 1.